The average molecular weight is 345 g/mol. The monoisotopic (exact) mass is 345 g/mol. The molecule has 1 aliphatic rings. The summed E-state index contributed by atoms with van der Waals surface area (Å²) < 4.78 is 32.7. The first-order chi connectivity index (χ1) is 11.4. The first-order valence-corrected chi connectivity index (χ1v) is 9.34. The van der Waals surface area contributed by atoms with Crippen LogP contribution in [0.1, 0.15) is 31.0 Å². The van der Waals surface area contributed by atoms with E-state index in [1.165, 1.54) is 4.31 Å². The molecular formula is C17H19N3O3S. The second kappa shape index (κ2) is 6.38. The van der Waals surface area contributed by atoms with Gasteiger partial charge in [-0.3, -0.25) is 0 Å². The molecule has 1 aromatic carbocycles. The maximum atomic E-state index is 12.9. The number of nitrogens with zero attached hydrogens (tertiary/aromatic N) is 3. The summed E-state index contributed by atoms with van der Waals surface area (Å²) in [5.74, 6) is 0.450. The fourth-order valence-corrected chi connectivity index (χ4v) is 4.54. The predicted molar refractivity (Wildman–Crippen MR) is 88.5 cm³/mol. The maximum absolute atomic E-state index is 12.9. The maximum Gasteiger partial charge on any atom is 0.279 e. The third-order valence-electron chi connectivity index (χ3n) is 4.27. The molecule has 24 heavy (non-hydrogen) atoms. The molecule has 6 nitrogen and oxygen atoms in total. The number of aryl methyl sites for hydroxylation is 1. The van der Waals surface area contributed by atoms with Crippen LogP contribution in [0.2, 0.25) is 0 Å². The van der Waals surface area contributed by atoms with Crippen LogP contribution in [-0.4, -0.2) is 30.8 Å². The Kier molecular flexibility index (Phi) is 4.43. The van der Waals surface area contributed by atoms with Gasteiger partial charge in [-0.15, -0.1) is 0 Å². The molecule has 1 fully saturated rings. The molecule has 1 saturated heterocycles. The van der Waals surface area contributed by atoms with Crippen LogP contribution in [0.5, 0.6) is 0 Å². The molecule has 7 heteroatoms. The average Bonchev–Trinajstić information content (AvgIpc) is 3.00. The third kappa shape index (κ3) is 2.95. The van der Waals surface area contributed by atoms with E-state index in [0.29, 0.717) is 18.7 Å². The molecule has 1 aromatic heterocycles. The molecule has 126 valence electrons. The zero-order chi connectivity index (χ0) is 17.3. The van der Waals surface area contributed by atoms with Gasteiger partial charge in [-0.2, -0.15) is 14.6 Å². The van der Waals surface area contributed by atoms with Gasteiger partial charge in [0.15, 0.2) is 5.69 Å². The van der Waals surface area contributed by atoms with Crippen LogP contribution < -0.4 is 0 Å². The Bertz CT molecular complexity index is 896. The van der Waals surface area contributed by atoms with Crippen LogP contribution >= 0.6 is 0 Å². The van der Waals surface area contributed by atoms with E-state index < -0.39 is 10.0 Å². The standard InChI is InChI=1S/C17H19N3O3S/c1-12-6-5-9-20(11-12)24(21,22)17-15(10-18)19-16(23-17)14-8-4-3-7-13(14)2/h3-4,7-8,12H,5-6,9,11H2,1-2H3. The van der Waals surface area contributed by atoms with Gasteiger partial charge in [0.05, 0.1) is 0 Å². The Labute approximate surface area is 141 Å². The summed E-state index contributed by atoms with van der Waals surface area (Å²) >= 11 is 0. The van der Waals surface area contributed by atoms with E-state index in [0.717, 1.165) is 18.4 Å². The number of aromatic nitrogens is 1. The lowest BCUT2D eigenvalue weighted by Crippen LogP contribution is -2.39. The fourth-order valence-electron chi connectivity index (χ4n) is 2.96. The largest absolute Gasteiger partial charge is 0.422 e. The topological polar surface area (TPSA) is 87.2 Å². The first kappa shape index (κ1) is 16.7. The number of benzene rings is 1. The van der Waals surface area contributed by atoms with Crippen LogP contribution in [0.15, 0.2) is 33.8 Å². The van der Waals surface area contributed by atoms with Gasteiger partial charge < -0.3 is 4.42 Å². The van der Waals surface area contributed by atoms with E-state index in [-0.39, 0.29) is 22.6 Å². The smallest absolute Gasteiger partial charge is 0.279 e. The van der Waals surface area contributed by atoms with Gasteiger partial charge in [-0.05, 0) is 37.3 Å². The lowest BCUT2D eigenvalue weighted by Gasteiger charge is -2.28. The molecule has 1 atom stereocenters. The zero-order valence-corrected chi connectivity index (χ0v) is 14.5. The lowest BCUT2D eigenvalue weighted by atomic mass is 10.0. The van der Waals surface area contributed by atoms with Gasteiger partial charge >= 0.3 is 0 Å². The van der Waals surface area contributed by atoms with Crippen molar-refractivity contribution in [3.63, 3.8) is 0 Å². The number of hydrogen-bond acceptors (Lipinski definition) is 5. The zero-order valence-electron chi connectivity index (χ0n) is 13.7. The summed E-state index contributed by atoms with van der Waals surface area (Å²) in [6.07, 6.45) is 1.81. The lowest BCUT2D eigenvalue weighted by molar-refractivity contribution is 0.275. The highest BCUT2D eigenvalue weighted by Gasteiger charge is 2.35. The Morgan fingerprint density at radius 1 is 1.38 bits per heavy atom. The van der Waals surface area contributed by atoms with Crippen molar-refractivity contribution >= 4 is 10.0 Å². The minimum Gasteiger partial charge on any atom is -0.422 e. The van der Waals surface area contributed by atoms with E-state index in [2.05, 4.69) is 4.98 Å². The second-order valence-corrected chi connectivity index (χ2v) is 8.03. The van der Waals surface area contributed by atoms with Crippen molar-refractivity contribution in [1.29, 1.82) is 5.26 Å². The summed E-state index contributed by atoms with van der Waals surface area (Å²) in [6.45, 7) is 4.78. The summed E-state index contributed by atoms with van der Waals surface area (Å²) in [5.41, 5.74) is 1.40. The highest BCUT2D eigenvalue weighted by Crippen LogP contribution is 2.30. The number of rotatable bonds is 3. The van der Waals surface area contributed by atoms with Crippen LogP contribution in [0, 0.1) is 24.2 Å². The molecule has 1 aliphatic heterocycles. The molecule has 2 aromatic rings. The molecule has 0 saturated carbocycles. The summed E-state index contributed by atoms with van der Waals surface area (Å²) in [5, 5.41) is 8.96. The van der Waals surface area contributed by atoms with E-state index in [4.69, 9.17) is 4.42 Å². The molecule has 2 heterocycles. The van der Waals surface area contributed by atoms with Crippen molar-refractivity contribution in [2.24, 2.45) is 5.92 Å². The van der Waals surface area contributed by atoms with Gasteiger partial charge in [0, 0.05) is 18.7 Å². The van der Waals surface area contributed by atoms with Gasteiger partial charge in [-0.25, -0.2) is 8.42 Å². The third-order valence-corrected chi connectivity index (χ3v) is 6.03. The molecular weight excluding hydrogens is 326 g/mol. The quantitative estimate of drug-likeness (QED) is 0.853. The van der Waals surface area contributed by atoms with Crippen LogP contribution in [0.25, 0.3) is 11.5 Å². The normalized spacial score (nSPS) is 19.1. The predicted octanol–water partition coefficient (Wildman–Crippen LogP) is 2.94. The Balaban J connectivity index is 2.05. The molecule has 0 radical (unpaired) electrons. The van der Waals surface area contributed by atoms with Crippen molar-refractivity contribution in [1.82, 2.24) is 9.29 Å². The van der Waals surface area contributed by atoms with Gasteiger partial charge in [0.2, 0.25) is 5.89 Å². The number of sulfonamides is 1. The van der Waals surface area contributed by atoms with E-state index in [9.17, 15) is 13.7 Å². The molecule has 0 spiro atoms. The van der Waals surface area contributed by atoms with E-state index in [1.807, 2.05) is 38.1 Å². The van der Waals surface area contributed by atoms with Crippen LogP contribution in [-0.2, 0) is 10.0 Å². The van der Waals surface area contributed by atoms with Gasteiger partial charge in [0.25, 0.3) is 15.1 Å². The number of hydrogen-bond donors (Lipinski definition) is 0. The Morgan fingerprint density at radius 3 is 2.79 bits per heavy atom. The summed E-state index contributed by atoms with van der Waals surface area (Å²) in [7, 11) is -3.86. The fraction of sp³-hybridized carbons (Fsp3) is 0.412. The molecule has 0 bridgehead atoms. The number of nitriles is 1. The van der Waals surface area contributed by atoms with Gasteiger partial charge in [-0.1, -0.05) is 25.1 Å². The van der Waals surface area contributed by atoms with Crippen molar-refractivity contribution in [2.45, 2.75) is 31.8 Å². The molecule has 0 amide bonds. The van der Waals surface area contributed by atoms with Crippen molar-refractivity contribution in [2.75, 3.05) is 13.1 Å². The Morgan fingerprint density at radius 2 is 2.12 bits per heavy atom. The number of piperidine rings is 1. The number of oxazole rings is 1. The van der Waals surface area contributed by atoms with Gasteiger partial charge in [0.1, 0.15) is 6.07 Å². The highest BCUT2D eigenvalue weighted by atomic mass is 32.2. The molecule has 0 N–H and O–H groups in total. The molecule has 1 unspecified atom stereocenters. The second-order valence-electron chi connectivity index (χ2n) is 6.19. The molecule has 3 rings (SSSR count). The highest BCUT2D eigenvalue weighted by molar-refractivity contribution is 7.89. The minimum absolute atomic E-state index is 0.160. The van der Waals surface area contributed by atoms with E-state index >= 15 is 0 Å². The van der Waals surface area contributed by atoms with Crippen LogP contribution in [0.4, 0.5) is 0 Å². The first-order valence-electron chi connectivity index (χ1n) is 7.90. The summed E-state index contributed by atoms with van der Waals surface area (Å²) in [6, 6.07) is 9.22. The van der Waals surface area contributed by atoms with Crippen molar-refractivity contribution in [3.05, 3.63) is 35.5 Å². The van der Waals surface area contributed by atoms with Crippen molar-refractivity contribution in [3.8, 4) is 17.5 Å². The van der Waals surface area contributed by atoms with E-state index in [1.54, 1.807) is 6.07 Å². The molecule has 0 aliphatic carbocycles. The van der Waals surface area contributed by atoms with Crippen LogP contribution in [0.3, 0.4) is 0 Å². The van der Waals surface area contributed by atoms with Crippen molar-refractivity contribution < 1.29 is 12.8 Å². The Hall–Kier alpha value is -2.17. The minimum atomic E-state index is -3.86. The summed E-state index contributed by atoms with van der Waals surface area (Å²) in [4.78, 5) is 4.11. The SMILES string of the molecule is Cc1ccccc1-c1nc(C#N)c(S(=O)(=O)N2CCCC(C)C2)o1.